The molecule has 0 spiro atoms. The summed E-state index contributed by atoms with van der Waals surface area (Å²) in [5, 5.41) is 0. The van der Waals surface area contributed by atoms with Crippen LogP contribution in [0.3, 0.4) is 0 Å². The second kappa shape index (κ2) is 4.63. The van der Waals surface area contributed by atoms with E-state index in [-0.39, 0.29) is 17.1 Å². The van der Waals surface area contributed by atoms with Crippen LogP contribution in [0.1, 0.15) is 10.4 Å². The minimum atomic E-state index is -0.659. The smallest absolute Gasteiger partial charge is 0.341 e. The van der Waals surface area contributed by atoms with Gasteiger partial charge in [0.25, 0.3) is 0 Å². The average molecular weight is 214 g/mol. The topological polar surface area (TPSA) is 44.8 Å². The number of carbonyl (C=O) groups is 1. The Morgan fingerprint density at radius 2 is 1.73 bits per heavy atom. The normalized spacial score (nSPS) is 9.60. The van der Waals surface area contributed by atoms with Gasteiger partial charge in [-0.3, -0.25) is 0 Å². The summed E-state index contributed by atoms with van der Waals surface area (Å²) in [6, 6.07) is 2.31. The van der Waals surface area contributed by atoms with Crippen molar-refractivity contribution in [3.05, 3.63) is 23.5 Å². The molecule has 0 radical (unpaired) electrons. The van der Waals surface area contributed by atoms with Gasteiger partial charge in [0.1, 0.15) is 11.3 Å². The standard InChI is InChI=1S/C10H11FO4/c1-13-8-5-9(14-2)7(11)4-6(8)10(12)15-3/h4-5H,1-3H3. The van der Waals surface area contributed by atoms with Gasteiger partial charge in [-0.2, -0.15) is 0 Å². The van der Waals surface area contributed by atoms with Crippen LogP contribution in [-0.2, 0) is 4.74 Å². The Bertz CT molecular complexity index is 376. The summed E-state index contributed by atoms with van der Waals surface area (Å²) in [7, 11) is 3.92. The molecular weight excluding hydrogens is 203 g/mol. The van der Waals surface area contributed by atoms with Crippen LogP contribution >= 0.6 is 0 Å². The molecule has 0 unspecified atom stereocenters. The highest BCUT2D eigenvalue weighted by molar-refractivity contribution is 5.92. The lowest BCUT2D eigenvalue weighted by molar-refractivity contribution is 0.0596. The lowest BCUT2D eigenvalue weighted by Gasteiger charge is -2.09. The van der Waals surface area contributed by atoms with Crippen molar-refractivity contribution in [2.75, 3.05) is 21.3 Å². The fourth-order valence-corrected chi connectivity index (χ4v) is 1.13. The lowest BCUT2D eigenvalue weighted by atomic mass is 10.2. The zero-order valence-electron chi connectivity index (χ0n) is 8.67. The maximum atomic E-state index is 13.3. The summed E-state index contributed by atoms with van der Waals surface area (Å²) in [6.45, 7) is 0. The molecule has 0 aliphatic rings. The Hall–Kier alpha value is -1.78. The van der Waals surface area contributed by atoms with Gasteiger partial charge in [-0.05, 0) is 6.07 Å². The second-order valence-electron chi connectivity index (χ2n) is 2.68. The van der Waals surface area contributed by atoms with Crippen LogP contribution in [0, 0.1) is 5.82 Å². The Balaban J connectivity index is 3.27. The first kappa shape index (κ1) is 11.3. The number of carbonyl (C=O) groups excluding carboxylic acids is 1. The van der Waals surface area contributed by atoms with Gasteiger partial charge in [0.15, 0.2) is 11.6 Å². The summed E-state index contributed by atoms with van der Waals surface area (Å²) in [5.74, 6) is -1.08. The largest absolute Gasteiger partial charge is 0.496 e. The first-order valence-corrected chi connectivity index (χ1v) is 4.13. The van der Waals surface area contributed by atoms with Gasteiger partial charge in [-0.25, -0.2) is 9.18 Å². The number of ether oxygens (including phenoxy) is 3. The SMILES string of the molecule is COC(=O)c1cc(F)c(OC)cc1OC. The molecule has 5 heteroatoms. The zero-order chi connectivity index (χ0) is 11.4. The number of rotatable bonds is 3. The predicted molar refractivity (Wildman–Crippen MR) is 50.8 cm³/mol. The monoisotopic (exact) mass is 214 g/mol. The fourth-order valence-electron chi connectivity index (χ4n) is 1.13. The van der Waals surface area contributed by atoms with Crippen molar-refractivity contribution < 1.29 is 23.4 Å². The number of methoxy groups -OCH3 is 3. The molecule has 15 heavy (non-hydrogen) atoms. The number of halogens is 1. The van der Waals surface area contributed by atoms with Crippen molar-refractivity contribution in [3.8, 4) is 11.5 Å². The molecule has 0 aromatic heterocycles. The van der Waals surface area contributed by atoms with Crippen molar-refractivity contribution >= 4 is 5.97 Å². The van der Waals surface area contributed by atoms with Gasteiger partial charge < -0.3 is 14.2 Å². The van der Waals surface area contributed by atoms with Gasteiger partial charge in [0, 0.05) is 6.07 Å². The maximum Gasteiger partial charge on any atom is 0.341 e. The Morgan fingerprint density at radius 1 is 1.13 bits per heavy atom. The summed E-state index contributed by atoms with van der Waals surface area (Å²) >= 11 is 0. The molecule has 0 saturated carbocycles. The molecule has 0 amide bonds. The molecule has 1 aromatic rings. The van der Waals surface area contributed by atoms with Crippen LogP contribution in [-0.4, -0.2) is 27.3 Å². The molecule has 0 atom stereocenters. The molecular formula is C10H11FO4. The van der Waals surface area contributed by atoms with E-state index < -0.39 is 11.8 Å². The van der Waals surface area contributed by atoms with E-state index in [1.807, 2.05) is 0 Å². The molecule has 0 heterocycles. The number of benzene rings is 1. The lowest BCUT2D eigenvalue weighted by Crippen LogP contribution is -2.05. The van der Waals surface area contributed by atoms with Crippen LogP contribution in [0.2, 0.25) is 0 Å². The van der Waals surface area contributed by atoms with E-state index in [9.17, 15) is 9.18 Å². The highest BCUT2D eigenvalue weighted by atomic mass is 19.1. The zero-order valence-corrected chi connectivity index (χ0v) is 8.67. The third-order valence-electron chi connectivity index (χ3n) is 1.88. The predicted octanol–water partition coefficient (Wildman–Crippen LogP) is 1.63. The Labute approximate surface area is 86.6 Å². The quantitative estimate of drug-likeness (QED) is 0.717. The first-order chi connectivity index (χ1) is 7.13. The summed E-state index contributed by atoms with van der Waals surface area (Å²) < 4.78 is 27.4. The van der Waals surface area contributed by atoms with E-state index in [1.54, 1.807) is 0 Å². The number of hydrogen-bond acceptors (Lipinski definition) is 4. The van der Waals surface area contributed by atoms with E-state index in [2.05, 4.69) is 4.74 Å². The summed E-state index contributed by atoms with van der Waals surface area (Å²) in [6.07, 6.45) is 0. The van der Waals surface area contributed by atoms with Gasteiger partial charge in [0.05, 0.1) is 21.3 Å². The van der Waals surface area contributed by atoms with Crippen LogP contribution < -0.4 is 9.47 Å². The van der Waals surface area contributed by atoms with Gasteiger partial charge in [0.2, 0.25) is 0 Å². The summed E-state index contributed by atoms with van der Waals surface area (Å²) in [4.78, 5) is 11.2. The molecule has 0 N–H and O–H groups in total. The van der Waals surface area contributed by atoms with E-state index in [4.69, 9.17) is 9.47 Å². The fraction of sp³-hybridized carbons (Fsp3) is 0.300. The molecule has 0 fully saturated rings. The maximum absolute atomic E-state index is 13.3. The van der Waals surface area contributed by atoms with E-state index >= 15 is 0 Å². The van der Waals surface area contributed by atoms with Crippen LogP contribution in [0.25, 0.3) is 0 Å². The number of hydrogen-bond donors (Lipinski definition) is 0. The Kier molecular flexibility index (Phi) is 3.49. The Morgan fingerprint density at radius 3 is 2.20 bits per heavy atom. The average Bonchev–Trinajstić information content (AvgIpc) is 2.27. The van der Waals surface area contributed by atoms with Gasteiger partial charge in [-0.15, -0.1) is 0 Å². The molecule has 0 bridgehead atoms. The van der Waals surface area contributed by atoms with Crippen LogP contribution in [0.5, 0.6) is 11.5 Å². The number of esters is 1. The molecule has 0 aliphatic carbocycles. The molecule has 82 valence electrons. The van der Waals surface area contributed by atoms with Crippen molar-refractivity contribution in [2.24, 2.45) is 0 Å². The second-order valence-corrected chi connectivity index (χ2v) is 2.68. The summed E-state index contributed by atoms with van der Waals surface area (Å²) in [5.41, 5.74) is 0.0262. The first-order valence-electron chi connectivity index (χ1n) is 4.13. The highest BCUT2D eigenvalue weighted by Crippen LogP contribution is 2.28. The van der Waals surface area contributed by atoms with Gasteiger partial charge in [-0.1, -0.05) is 0 Å². The molecule has 1 rings (SSSR count). The van der Waals surface area contributed by atoms with Crippen molar-refractivity contribution in [3.63, 3.8) is 0 Å². The highest BCUT2D eigenvalue weighted by Gasteiger charge is 2.17. The van der Waals surface area contributed by atoms with Gasteiger partial charge >= 0.3 is 5.97 Å². The van der Waals surface area contributed by atoms with Crippen molar-refractivity contribution in [1.29, 1.82) is 0 Å². The minimum absolute atomic E-state index is 0.0134. The van der Waals surface area contributed by atoms with Crippen molar-refractivity contribution in [1.82, 2.24) is 0 Å². The van der Waals surface area contributed by atoms with Crippen LogP contribution in [0.15, 0.2) is 12.1 Å². The third-order valence-corrected chi connectivity index (χ3v) is 1.88. The molecule has 0 saturated heterocycles. The molecule has 4 nitrogen and oxygen atoms in total. The third kappa shape index (κ3) is 2.18. The van der Waals surface area contributed by atoms with Crippen molar-refractivity contribution in [2.45, 2.75) is 0 Å². The minimum Gasteiger partial charge on any atom is -0.496 e. The van der Waals surface area contributed by atoms with Crippen LogP contribution in [0.4, 0.5) is 4.39 Å². The molecule has 0 aliphatic heterocycles. The van der Waals surface area contributed by atoms with E-state index in [1.165, 1.54) is 27.4 Å². The van der Waals surface area contributed by atoms with E-state index in [0.29, 0.717) is 0 Å². The molecule has 1 aromatic carbocycles. The van der Waals surface area contributed by atoms with E-state index in [0.717, 1.165) is 6.07 Å².